The van der Waals surface area contributed by atoms with Crippen molar-refractivity contribution >= 4 is 10.9 Å². The van der Waals surface area contributed by atoms with Crippen LogP contribution >= 0.6 is 0 Å². The summed E-state index contributed by atoms with van der Waals surface area (Å²) in [6, 6.07) is 8.58. The molecular formula is C13H19N3. The molecule has 16 heavy (non-hydrogen) atoms. The molecular weight excluding hydrogens is 198 g/mol. The standard InChI is InChI=1S/C13H19N3/c1-14-8-9-16(2)10-11-4-3-5-13-12(11)6-7-15-13/h3-7,14-15H,8-10H2,1-2H3. The van der Waals surface area contributed by atoms with Gasteiger partial charge in [-0.25, -0.2) is 0 Å². The Morgan fingerprint density at radius 1 is 1.31 bits per heavy atom. The van der Waals surface area contributed by atoms with E-state index in [0.29, 0.717) is 0 Å². The summed E-state index contributed by atoms with van der Waals surface area (Å²) in [4.78, 5) is 5.58. The fourth-order valence-electron chi connectivity index (χ4n) is 1.96. The first-order valence-corrected chi connectivity index (χ1v) is 5.69. The molecule has 1 aromatic carbocycles. The Bertz CT molecular complexity index is 447. The maximum absolute atomic E-state index is 3.25. The van der Waals surface area contributed by atoms with Crippen LogP contribution in [0.15, 0.2) is 30.5 Å². The van der Waals surface area contributed by atoms with Gasteiger partial charge in [0, 0.05) is 36.7 Å². The molecule has 0 spiro atoms. The Kier molecular flexibility index (Phi) is 3.59. The van der Waals surface area contributed by atoms with Gasteiger partial charge in [0.1, 0.15) is 0 Å². The van der Waals surface area contributed by atoms with Crippen LogP contribution in [-0.2, 0) is 6.54 Å². The van der Waals surface area contributed by atoms with Crippen molar-refractivity contribution < 1.29 is 0 Å². The number of rotatable bonds is 5. The van der Waals surface area contributed by atoms with E-state index in [0.717, 1.165) is 19.6 Å². The van der Waals surface area contributed by atoms with Crippen molar-refractivity contribution in [3.8, 4) is 0 Å². The molecule has 0 amide bonds. The zero-order valence-electron chi connectivity index (χ0n) is 9.96. The molecule has 0 atom stereocenters. The average Bonchev–Trinajstić information content (AvgIpc) is 2.75. The van der Waals surface area contributed by atoms with E-state index in [1.54, 1.807) is 0 Å². The quantitative estimate of drug-likeness (QED) is 0.800. The summed E-state index contributed by atoms with van der Waals surface area (Å²) >= 11 is 0. The lowest BCUT2D eigenvalue weighted by Crippen LogP contribution is -2.26. The van der Waals surface area contributed by atoms with Crippen LogP contribution in [0.3, 0.4) is 0 Å². The summed E-state index contributed by atoms with van der Waals surface area (Å²) in [5, 5.41) is 4.50. The smallest absolute Gasteiger partial charge is 0.0457 e. The van der Waals surface area contributed by atoms with Gasteiger partial charge in [-0.1, -0.05) is 12.1 Å². The highest BCUT2D eigenvalue weighted by Crippen LogP contribution is 2.18. The minimum atomic E-state index is 0.997. The van der Waals surface area contributed by atoms with Gasteiger partial charge in [-0.2, -0.15) is 0 Å². The molecule has 1 heterocycles. The molecule has 0 fully saturated rings. The molecule has 0 aliphatic heterocycles. The van der Waals surface area contributed by atoms with Crippen LogP contribution in [0.1, 0.15) is 5.56 Å². The van der Waals surface area contributed by atoms with E-state index in [4.69, 9.17) is 0 Å². The van der Waals surface area contributed by atoms with Crippen LogP contribution in [0.4, 0.5) is 0 Å². The molecule has 0 aliphatic carbocycles. The molecule has 0 unspecified atom stereocenters. The summed E-state index contributed by atoms with van der Waals surface area (Å²) in [5.74, 6) is 0. The van der Waals surface area contributed by atoms with Gasteiger partial charge in [-0.05, 0) is 31.8 Å². The number of nitrogens with zero attached hydrogens (tertiary/aromatic N) is 1. The Morgan fingerprint density at radius 3 is 3.00 bits per heavy atom. The van der Waals surface area contributed by atoms with Crippen LogP contribution in [0.2, 0.25) is 0 Å². The third-order valence-electron chi connectivity index (χ3n) is 2.87. The molecule has 0 aliphatic rings. The molecule has 2 aromatic rings. The number of fused-ring (bicyclic) bond motifs is 1. The second-order valence-electron chi connectivity index (χ2n) is 4.20. The van der Waals surface area contributed by atoms with Crippen molar-refractivity contribution in [2.45, 2.75) is 6.54 Å². The first-order valence-electron chi connectivity index (χ1n) is 5.69. The van der Waals surface area contributed by atoms with E-state index in [1.165, 1.54) is 16.5 Å². The van der Waals surface area contributed by atoms with Crippen LogP contribution in [0.5, 0.6) is 0 Å². The summed E-state index contributed by atoms with van der Waals surface area (Å²) in [5.41, 5.74) is 2.61. The third kappa shape index (κ3) is 2.43. The van der Waals surface area contributed by atoms with Crippen LogP contribution in [0, 0.1) is 0 Å². The van der Waals surface area contributed by atoms with Gasteiger partial charge in [0.05, 0.1) is 0 Å². The monoisotopic (exact) mass is 217 g/mol. The first-order chi connectivity index (χ1) is 7.81. The van der Waals surface area contributed by atoms with Crippen molar-refractivity contribution in [2.24, 2.45) is 0 Å². The van der Waals surface area contributed by atoms with Gasteiger partial charge < -0.3 is 15.2 Å². The summed E-state index contributed by atoms with van der Waals surface area (Å²) < 4.78 is 0. The van der Waals surface area contributed by atoms with E-state index >= 15 is 0 Å². The van der Waals surface area contributed by atoms with E-state index in [-0.39, 0.29) is 0 Å². The molecule has 0 radical (unpaired) electrons. The third-order valence-corrected chi connectivity index (χ3v) is 2.87. The molecule has 3 nitrogen and oxygen atoms in total. The second-order valence-corrected chi connectivity index (χ2v) is 4.20. The van der Waals surface area contributed by atoms with Gasteiger partial charge in [0.15, 0.2) is 0 Å². The summed E-state index contributed by atoms with van der Waals surface area (Å²) in [6.07, 6.45) is 2.00. The Balaban J connectivity index is 2.11. The highest BCUT2D eigenvalue weighted by atomic mass is 15.1. The van der Waals surface area contributed by atoms with Crippen molar-refractivity contribution in [3.63, 3.8) is 0 Å². The lowest BCUT2D eigenvalue weighted by Gasteiger charge is -2.16. The van der Waals surface area contributed by atoms with E-state index in [9.17, 15) is 0 Å². The van der Waals surface area contributed by atoms with Gasteiger partial charge >= 0.3 is 0 Å². The fraction of sp³-hybridized carbons (Fsp3) is 0.385. The molecule has 0 bridgehead atoms. The van der Waals surface area contributed by atoms with Crippen LogP contribution in [0.25, 0.3) is 10.9 Å². The van der Waals surface area contributed by atoms with Crippen LogP contribution in [-0.4, -0.2) is 37.1 Å². The van der Waals surface area contributed by atoms with Crippen molar-refractivity contribution in [1.29, 1.82) is 0 Å². The predicted octanol–water partition coefficient (Wildman–Crippen LogP) is 1.82. The first kappa shape index (κ1) is 11.2. The Labute approximate surface area is 96.5 Å². The average molecular weight is 217 g/mol. The number of H-pyrrole nitrogens is 1. The normalized spacial score (nSPS) is 11.4. The van der Waals surface area contributed by atoms with Crippen LogP contribution < -0.4 is 5.32 Å². The zero-order valence-corrected chi connectivity index (χ0v) is 9.96. The van der Waals surface area contributed by atoms with Gasteiger partial charge in [-0.15, -0.1) is 0 Å². The number of aromatic nitrogens is 1. The zero-order chi connectivity index (χ0) is 11.4. The lowest BCUT2D eigenvalue weighted by molar-refractivity contribution is 0.329. The fourth-order valence-corrected chi connectivity index (χ4v) is 1.96. The highest BCUT2D eigenvalue weighted by molar-refractivity contribution is 5.82. The largest absolute Gasteiger partial charge is 0.361 e. The summed E-state index contributed by atoms with van der Waals surface area (Å²) in [7, 11) is 4.14. The van der Waals surface area contributed by atoms with E-state index in [2.05, 4.69) is 46.5 Å². The maximum atomic E-state index is 3.25. The lowest BCUT2D eigenvalue weighted by atomic mass is 10.1. The maximum Gasteiger partial charge on any atom is 0.0457 e. The second kappa shape index (κ2) is 5.14. The minimum absolute atomic E-state index is 0.997. The molecule has 2 N–H and O–H groups in total. The van der Waals surface area contributed by atoms with E-state index in [1.807, 2.05) is 13.2 Å². The van der Waals surface area contributed by atoms with Crippen molar-refractivity contribution in [3.05, 3.63) is 36.0 Å². The molecule has 86 valence electrons. The number of benzene rings is 1. The number of nitrogens with one attached hydrogen (secondary N) is 2. The van der Waals surface area contributed by atoms with Gasteiger partial charge in [-0.3, -0.25) is 0 Å². The molecule has 1 aromatic heterocycles. The van der Waals surface area contributed by atoms with E-state index < -0.39 is 0 Å². The molecule has 0 saturated heterocycles. The Morgan fingerprint density at radius 2 is 2.19 bits per heavy atom. The molecule has 3 heteroatoms. The number of aromatic amines is 1. The predicted molar refractivity (Wildman–Crippen MR) is 68.6 cm³/mol. The topological polar surface area (TPSA) is 31.1 Å². The molecule has 2 rings (SSSR count). The van der Waals surface area contributed by atoms with Crippen molar-refractivity contribution in [2.75, 3.05) is 27.2 Å². The summed E-state index contributed by atoms with van der Waals surface area (Å²) in [6.45, 7) is 3.09. The SMILES string of the molecule is CNCCN(C)Cc1cccc2[nH]ccc12. The van der Waals surface area contributed by atoms with Crippen molar-refractivity contribution in [1.82, 2.24) is 15.2 Å². The number of hydrogen-bond acceptors (Lipinski definition) is 2. The van der Waals surface area contributed by atoms with Gasteiger partial charge in [0.25, 0.3) is 0 Å². The minimum Gasteiger partial charge on any atom is -0.361 e. The molecule has 0 saturated carbocycles. The Hall–Kier alpha value is -1.32. The number of hydrogen-bond donors (Lipinski definition) is 2. The van der Waals surface area contributed by atoms with Gasteiger partial charge in [0.2, 0.25) is 0 Å². The number of likely N-dealkylation sites (N-methyl/N-ethyl adjacent to an activating group) is 2. The highest BCUT2D eigenvalue weighted by Gasteiger charge is 2.04.